The SMILES string of the molecule is CC(N)C(=O)NC(CC(=O)O)C(=O)NC(Cc1c[nH]c2ccccc12)C(=O)NC(CO)C(=O)O. The third-order valence-corrected chi connectivity index (χ3v) is 4.95. The maximum Gasteiger partial charge on any atom is 0.328 e. The van der Waals surface area contributed by atoms with Crippen LogP contribution in [0.1, 0.15) is 18.9 Å². The van der Waals surface area contributed by atoms with Gasteiger partial charge in [0.15, 0.2) is 0 Å². The maximum absolute atomic E-state index is 12.9. The van der Waals surface area contributed by atoms with E-state index in [4.69, 9.17) is 15.9 Å². The van der Waals surface area contributed by atoms with Gasteiger partial charge in [0.2, 0.25) is 17.7 Å². The summed E-state index contributed by atoms with van der Waals surface area (Å²) in [4.78, 5) is 63.1. The van der Waals surface area contributed by atoms with Crippen molar-refractivity contribution in [3.05, 3.63) is 36.0 Å². The van der Waals surface area contributed by atoms with E-state index in [1.807, 2.05) is 0 Å². The molecule has 1 heterocycles. The van der Waals surface area contributed by atoms with Crippen molar-refractivity contribution in [2.45, 2.75) is 43.9 Å². The molecule has 1 aromatic carbocycles. The number of nitrogens with two attached hydrogens (primary N) is 1. The first-order valence-electron chi connectivity index (χ1n) is 10.3. The minimum Gasteiger partial charge on any atom is -0.481 e. The van der Waals surface area contributed by atoms with Crippen molar-refractivity contribution in [2.24, 2.45) is 5.73 Å². The number of carboxylic acid groups (broad SMARTS) is 2. The highest BCUT2D eigenvalue weighted by Crippen LogP contribution is 2.19. The molecule has 0 fully saturated rings. The third-order valence-electron chi connectivity index (χ3n) is 4.95. The number of aromatic amines is 1. The molecule has 0 bridgehead atoms. The Morgan fingerprint density at radius 1 is 0.941 bits per heavy atom. The summed E-state index contributed by atoms with van der Waals surface area (Å²) in [6.45, 7) is 0.459. The molecule has 0 radical (unpaired) electrons. The molecule has 0 saturated carbocycles. The van der Waals surface area contributed by atoms with E-state index in [0.717, 1.165) is 10.9 Å². The number of H-pyrrole nitrogens is 1. The summed E-state index contributed by atoms with van der Waals surface area (Å²) in [6, 6.07) is 1.60. The van der Waals surface area contributed by atoms with E-state index in [1.165, 1.54) is 6.92 Å². The van der Waals surface area contributed by atoms with Crippen LogP contribution >= 0.6 is 0 Å². The van der Waals surface area contributed by atoms with Gasteiger partial charge in [0.05, 0.1) is 19.1 Å². The number of hydrogen-bond donors (Lipinski definition) is 8. The fourth-order valence-corrected chi connectivity index (χ4v) is 3.15. The number of amides is 3. The second kappa shape index (κ2) is 11.8. The molecule has 4 unspecified atom stereocenters. The quantitative estimate of drug-likeness (QED) is 0.170. The number of aliphatic carboxylic acids is 2. The number of carboxylic acids is 2. The molecule has 3 amide bonds. The minimum absolute atomic E-state index is 0.0968. The Morgan fingerprint density at radius 3 is 2.12 bits per heavy atom. The molecule has 2 aromatic rings. The molecule has 4 atom stereocenters. The Labute approximate surface area is 193 Å². The van der Waals surface area contributed by atoms with Crippen LogP contribution in [0, 0.1) is 0 Å². The lowest BCUT2D eigenvalue weighted by Crippen LogP contribution is -2.58. The van der Waals surface area contributed by atoms with Crippen LogP contribution in [0.15, 0.2) is 30.5 Å². The van der Waals surface area contributed by atoms with Gasteiger partial charge in [-0.15, -0.1) is 0 Å². The van der Waals surface area contributed by atoms with E-state index < -0.39 is 66.9 Å². The Kier molecular flexibility index (Phi) is 9.10. The standard InChI is InChI=1S/C21H27N5O8/c1-10(22)18(30)24-15(7-17(28)29)20(32)25-14(19(31)26-16(9-27)21(33)34)6-11-8-23-13-5-3-2-4-12(11)13/h2-5,8,10,14-16,23,27H,6-7,9,22H2,1H3,(H,24,30)(H,25,32)(H,26,31)(H,28,29)(H,33,34). The van der Waals surface area contributed by atoms with E-state index in [-0.39, 0.29) is 6.42 Å². The molecule has 13 heteroatoms. The number of aliphatic hydroxyl groups excluding tert-OH is 1. The van der Waals surface area contributed by atoms with Gasteiger partial charge in [0.1, 0.15) is 18.1 Å². The number of carbonyl (C=O) groups excluding carboxylic acids is 3. The number of hydrogen-bond acceptors (Lipinski definition) is 7. The molecule has 184 valence electrons. The Bertz CT molecular complexity index is 1070. The summed E-state index contributed by atoms with van der Waals surface area (Å²) in [5.41, 5.74) is 6.84. The van der Waals surface area contributed by atoms with Crippen molar-refractivity contribution in [3.63, 3.8) is 0 Å². The van der Waals surface area contributed by atoms with Crippen molar-refractivity contribution >= 4 is 40.6 Å². The Balaban J connectivity index is 2.31. The zero-order valence-corrected chi connectivity index (χ0v) is 18.3. The number of fused-ring (bicyclic) bond motifs is 1. The van der Waals surface area contributed by atoms with Gasteiger partial charge in [0, 0.05) is 23.5 Å². The minimum atomic E-state index is -1.62. The zero-order chi connectivity index (χ0) is 25.4. The average molecular weight is 477 g/mol. The molecule has 9 N–H and O–H groups in total. The molecule has 13 nitrogen and oxygen atoms in total. The summed E-state index contributed by atoms with van der Waals surface area (Å²) in [7, 11) is 0. The normalized spacial score (nSPS) is 14.4. The first-order chi connectivity index (χ1) is 16.0. The number of rotatable bonds is 12. The third kappa shape index (κ3) is 7.02. The summed E-state index contributed by atoms with van der Waals surface area (Å²) in [5.74, 6) is -5.54. The summed E-state index contributed by atoms with van der Waals surface area (Å²) >= 11 is 0. The van der Waals surface area contributed by atoms with Crippen molar-refractivity contribution < 1.29 is 39.3 Å². The summed E-state index contributed by atoms with van der Waals surface area (Å²) < 4.78 is 0. The van der Waals surface area contributed by atoms with Gasteiger partial charge in [-0.05, 0) is 18.6 Å². The molecule has 0 saturated heterocycles. The molecular weight excluding hydrogens is 450 g/mol. The van der Waals surface area contributed by atoms with Crippen molar-refractivity contribution in [1.29, 1.82) is 0 Å². The smallest absolute Gasteiger partial charge is 0.328 e. The number of benzene rings is 1. The predicted octanol–water partition coefficient (Wildman–Crippen LogP) is -1.94. The van der Waals surface area contributed by atoms with E-state index in [9.17, 15) is 29.1 Å². The van der Waals surface area contributed by atoms with Gasteiger partial charge in [-0.25, -0.2) is 4.79 Å². The van der Waals surface area contributed by atoms with E-state index >= 15 is 0 Å². The van der Waals surface area contributed by atoms with Crippen LogP contribution in [0.3, 0.4) is 0 Å². The maximum atomic E-state index is 12.9. The molecule has 0 spiro atoms. The van der Waals surface area contributed by atoms with E-state index in [0.29, 0.717) is 5.56 Å². The van der Waals surface area contributed by atoms with Crippen molar-refractivity contribution in [2.75, 3.05) is 6.61 Å². The molecule has 0 aliphatic heterocycles. The van der Waals surface area contributed by atoms with Crippen LogP contribution < -0.4 is 21.7 Å². The molecular formula is C21H27N5O8. The Morgan fingerprint density at radius 2 is 1.53 bits per heavy atom. The highest BCUT2D eigenvalue weighted by atomic mass is 16.4. The first kappa shape index (κ1) is 26.3. The molecule has 0 aliphatic rings. The second-order valence-electron chi connectivity index (χ2n) is 7.65. The highest BCUT2D eigenvalue weighted by molar-refractivity contribution is 5.96. The number of para-hydroxylation sites is 1. The van der Waals surface area contributed by atoms with Crippen LogP contribution in [0.5, 0.6) is 0 Å². The van der Waals surface area contributed by atoms with Crippen LogP contribution in [-0.4, -0.2) is 80.7 Å². The summed E-state index contributed by atoms with van der Waals surface area (Å²) in [6.07, 6.45) is 0.741. The Hall–Kier alpha value is -3.97. The fraction of sp³-hybridized carbons (Fsp3) is 0.381. The number of nitrogens with one attached hydrogen (secondary N) is 4. The highest BCUT2D eigenvalue weighted by Gasteiger charge is 2.31. The molecule has 34 heavy (non-hydrogen) atoms. The van der Waals surface area contributed by atoms with Crippen LogP contribution in [-0.2, 0) is 30.4 Å². The van der Waals surface area contributed by atoms with Gasteiger partial charge in [0.25, 0.3) is 0 Å². The predicted molar refractivity (Wildman–Crippen MR) is 118 cm³/mol. The lowest BCUT2D eigenvalue weighted by Gasteiger charge is -2.24. The van der Waals surface area contributed by atoms with Crippen molar-refractivity contribution in [1.82, 2.24) is 20.9 Å². The molecule has 0 aliphatic carbocycles. The zero-order valence-electron chi connectivity index (χ0n) is 18.3. The lowest BCUT2D eigenvalue weighted by molar-refractivity contribution is -0.144. The van der Waals surface area contributed by atoms with Crippen molar-refractivity contribution in [3.8, 4) is 0 Å². The van der Waals surface area contributed by atoms with Gasteiger partial charge in [-0.2, -0.15) is 0 Å². The monoisotopic (exact) mass is 477 g/mol. The first-order valence-corrected chi connectivity index (χ1v) is 10.3. The molecule has 1 aromatic heterocycles. The van der Waals surface area contributed by atoms with Crippen LogP contribution in [0.4, 0.5) is 0 Å². The van der Waals surface area contributed by atoms with Gasteiger partial charge in [-0.1, -0.05) is 18.2 Å². The summed E-state index contributed by atoms with van der Waals surface area (Å²) in [5, 5.41) is 35.0. The van der Waals surface area contributed by atoms with Gasteiger partial charge >= 0.3 is 11.9 Å². The largest absolute Gasteiger partial charge is 0.481 e. The lowest BCUT2D eigenvalue weighted by atomic mass is 10.0. The number of carbonyl (C=O) groups is 5. The van der Waals surface area contributed by atoms with Gasteiger partial charge < -0.3 is 42.0 Å². The second-order valence-corrected chi connectivity index (χ2v) is 7.65. The topological polar surface area (TPSA) is 224 Å². The number of aromatic nitrogens is 1. The van der Waals surface area contributed by atoms with Crippen LogP contribution in [0.25, 0.3) is 10.9 Å². The van der Waals surface area contributed by atoms with Crippen LogP contribution in [0.2, 0.25) is 0 Å². The molecule has 2 rings (SSSR count). The average Bonchev–Trinajstić information content (AvgIpc) is 3.18. The van der Waals surface area contributed by atoms with E-state index in [2.05, 4.69) is 20.9 Å². The number of aliphatic hydroxyl groups is 1. The van der Waals surface area contributed by atoms with Gasteiger partial charge in [-0.3, -0.25) is 19.2 Å². The fourth-order valence-electron chi connectivity index (χ4n) is 3.15. The van der Waals surface area contributed by atoms with E-state index in [1.54, 1.807) is 30.5 Å².